The van der Waals surface area contributed by atoms with Crippen molar-refractivity contribution in [2.24, 2.45) is 0 Å². The van der Waals surface area contributed by atoms with Gasteiger partial charge in [-0.2, -0.15) is 0 Å². The van der Waals surface area contributed by atoms with E-state index in [-0.39, 0.29) is 0 Å². The molecule has 0 aliphatic rings. The van der Waals surface area contributed by atoms with Crippen LogP contribution in [-0.4, -0.2) is 0 Å². The van der Waals surface area contributed by atoms with E-state index in [1.54, 1.807) is 0 Å². The molecule has 51 heavy (non-hydrogen) atoms. The summed E-state index contributed by atoms with van der Waals surface area (Å²) in [4.78, 5) is 4.69. The fraction of sp³-hybridized carbons (Fsp3) is 0.0417. The van der Waals surface area contributed by atoms with Gasteiger partial charge in [-0.25, -0.2) is 0 Å². The normalized spacial score (nSPS) is 11.4. The molecule has 244 valence electrons. The van der Waals surface area contributed by atoms with E-state index in [2.05, 4.69) is 200 Å². The standard InChI is InChI=1S/C48H35ClN2/c1-32-23-26-41-36(29-32)15-9-20-45(41)50(44-19-7-13-34-11-3-5-17-39(34)44)38-25-28-48(43(49)31-38)51(46-21-8-14-35-12-4-6-18-40(35)46)47-22-10-16-37-30-33(2)24-27-42(37)47/h3-31H,1-2H3. The number of rotatable bonds is 6. The number of hydrogen-bond acceptors (Lipinski definition) is 2. The number of anilines is 6. The average Bonchev–Trinajstić information content (AvgIpc) is 3.16. The van der Waals surface area contributed by atoms with Crippen LogP contribution >= 0.6 is 11.6 Å². The smallest absolute Gasteiger partial charge is 0.0667 e. The van der Waals surface area contributed by atoms with E-state index in [0.717, 1.165) is 39.5 Å². The minimum atomic E-state index is 0.658. The summed E-state index contributed by atoms with van der Waals surface area (Å²) in [6.07, 6.45) is 0. The Labute approximate surface area is 303 Å². The minimum Gasteiger partial charge on any atom is -0.309 e. The monoisotopic (exact) mass is 674 g/mol. The summed E-state index contributed by atoms with van der Waals surface area (Å²) in [5.74, 6) is 0. The molecule has 0 aliphatic heterocycles. The molecule has 3 heteroatoms. The van der Waals surface area contributed by atoms with Gasteiger partial charge in [-0.05, 0) is 77.9 Å². The van der Waals surface area contributed by atoms with Gasteiger partial charge in [0.15, 0.2) is 0 Å². The molecule has 0 aromatic heterocycles. The van der Waals surface area contributed by atoms with E-state index in [9.17, 15) is 0 Å². The van der Waals surface area contributed by atoms with Gasteiger partial charge in [-0.1, -0.05) is 156 Å². The lowest BCUT2D eigenvalue weighted by Gasteiger charge is -2.31. The first-order chi connectivity index (χ1) is 25.0. The quantitative estimate of drug-likeness (QED) is 0.173. The van der Waals surface area contributed by atoms with Gasteiger partial charge in [0.05, 0.1) is 33.5 Å². The van der Waals surface area contributed by atoms with E-state index in [1.165, 1.54) is 48.8 Å². The molecule has 0 heterocycles. The van der Waals surface area contributed by atoms with Gasteiger partial charge in [-0.3, -0.25) is 0 Å². The van der Waals surface area contributed by atoms with Crippen molar-refractivity contribution >= 4 is 88.8 Å². The largest absolute Gasteiger partial charge is 0.309 e. The zero-order valence-electron chi connectivity index (χ0n) is 28.5. The molecule has 0 saturated heterocycles. The highest BCUT2D eigenvalue weighted by Gasteiger charge is 2.23. The van der Waals surface area contributed by atoms with Crippen molar-refractivity contribution in [1.82, 2.24) is 0 Å². The molecular weight excluding hydrogens is 640 g/mol. The van der Waals surface area contributed by atoms with Gasteiger partial charge in [0.2, 0.25) is 0 Å². The van der Waals surface area contributed by atoms with Crippen LogP contribution < -0.4 is 9.80 Å². The molecule has 0 aliphatic carbocycles. The van der Waals surface area contributed by atoms with Crippen molar-refractivity contribution in [3.8, 4) is 0 Å². The maximum Gasteiger partial charge on any atom is 0.0667 e. The van der Waals surface area contributed by atoms with Crippen LogP contribution in [0.2, 0.25) is 5.02 Å². The summed E-state index contributed by atoms with van der Waals surface area (Å²) in [6.45, 7) is 4.29. The third-order valence-electron chi connectivity index (χ3n) is 9.95. The molecule has 9 aromatic rings. The average molecular weight is 675 g/mol. The maximum atomic E-state index is 7.56. The number of halogens is 1. The van der Waals surface area contributed by atoms with Crippen molar-refractivity contribution < 1.29 is 0 Å². The number of hydrogen-bond donors (Lipinski definition) is 0. The molecule has 0 radical (unpaired) electrons. The highest BCUT2D eigenvalue weighted by molar-refractivity contribution is 6.34. The summed E-state index contributed by atoms with van der Waals surface area (Å²) < 4.78 is 0. The fourth-order valence-electron chi connectivity index (χ4n) is 7.58. The summed E-state index contributed by atoms with van der Waals surface area (Å²) in [5, 5.41) is 10.1. The van der Waals surface area contributed by atoms with Gasteiger partial charge in [0.1, 0.15) is 0 Å². The highest BCUT2D eigenvalue weighted by atomic mass is 35.5. The SMILES string of the molecule is Cc1ccc2c(N(c3ccc(N(c4cccc5ccccc45)c4cccc5cc(C)ccc45)c(Cl)c3)c3cccc4ccccc34)cccc2c1. The second kappa shape index (κ2) is 12.7. The second-order valence-electron chi connectivity index (χ2n) is 13.3. The van der Waals surface area contributed by atoms with Crippen LogP contribution in [0.15, 0.2) is 176 Å². The van der Waals surface area contributed by atoms with Gasteiger partial charge < -0.3 is 9.80 Å². The number of benzene rings is 9. The van der Waals surface area contributed by atoms with Crippen molar-refractivity contribution in [2.75, 3.05) is 9.80 Å². The van der Waals surface area contributed by atoms with E-state index in [0.29, 0.717) is 5.02 Å². The van der Waals surface area contributed by atoms with Crippen LogP contribution in [0.1, 0.15) is 11.1 Å². The van der Waals surface area contributed by atoms with Gasteiger partial charge in [-0.15, -0.1) is 0 Å². The lowest BCUT2D eigenvalue weighted by atomic mass is 10.0. The molecule has 2 nitrogen and oxygen atoms in total. The van der Waals surface area contributed by atoms with Crippen LogP contribution in [0, 0.1) is 13.8 Å². The molecule has 0 N–H and O–H groups in total. The Morgan fingerprint density at radius 1 is 0.333 bits per heavy atom. The topological polar surface area (TPSA) is 6.48 Å². The Balaban J connectivity index is 1.29. The number of aryl methyl sites for hydroxylation is 2. The third kappa shape index (κ3) is 5.45. The summed E-state index contributed by atoms with van der Waals surface area (Å²) in [7, 11) is 0. The summed E-state index contributed by atoms with van der Waals surface area (Å²) in [5.41, 5.74) is 8.72. The second-order valence-corrected chi connectivity index (χ2v) is 13.7. The fourth-order valence-corrected chi connectivity index (χ4v) is 7.84. The van der Waals surface area contributed by atoms with Gasteiger partial charge in [0, 0.05) is 27.2 Å². The molecule has 0 atom stereocenters. The number of fused-ring (bicyclic) bond motifs is 4. The lowest BCUT2D eigenvalue weighted by Crippen LogP contribution is -2.14. The molecule has 9 aromatic carbocycles. The van der Waals surface area contributed by atoms with Crippen molar-refractivity contribution in [2.45, 2.75) is 13.8 Å². The van der Waals surface area contributed by atoms with Crippen LogP contribution in [0.5, 0.6) is 0 Å². The molecule has 0 amide bonds. The zero-order chi connectivity index (χ0) is 34.5. The van der Waals surface area contributed by atoms with Crippen LogP contribution in [0.25, 0.3) is 43.1 Å². The first-order valence-corrected chi connectivity index (χ1v) is 17.8. The van der Waals surface area contributed by atoms with Gasteiger partial charge in [0.25, 0.3) is 0 Å². The molecule has 0 saturated carbocycles. The first-order valence-electron chi connectivity index (χ1n) is 17.4. The molecular formula is C48H35ClN2. The zero-order valence-corrected chi connectivity index (χ0v) is 29.3. The van der Waals surface area contributed by atoms with E-state index in [1.807, 2.05) is 0 Å². The summed E-state index contributed by atoms with van der Waals surface area (Å²) in [6, 6.07) is 63.1. The molecule has 0 bridgehead atoms. The van der Waals surface area contributed by atoms with Crippen molar-refractivity contribution in [3.05, 3.63) is 192 Å². The Morgan fingerprint density at radius 2 is 0.745 bits per heavy atom. The highest BCUT2D eigenvalue weighted by Crippen LogP contribution is 2.48. The lowest BCUT2D eigenvalue weighted by molar-refractivity contribution is 1.28. The number of nitrogens with zero attached hydrogens (tertiary/aromatic N) is 2. The maximum absolute atomic E-state index is 7.56. The predicted molar refractivity (Wildman–Crippen MR) is 220 cm³/mol. The Morgan fingerprint density at radius 3 is 1.24 bits per heavy atom. The van der Waals surface area contributed by atoms with Crippen molar-refractivity contribution in [1.29, 1.82) is 0 Å². The third-order valence-corrected chi connectivity index (χ3v) is 10.3. The van der Waals surface area contributed by atoms with E-state index < -0.39 is 0 Å². The van der Waals surface area contributed by atoms with Gasteiger partial charge >= 0.3 is 0 Å². The molecule has 0 spiro atoms. The van der Waals surface area contributed by atoms with Crippen LogP contribution in [0.4, 0.5) is 34.1 Å². The van der Waals surface area contributed by atoms with Crippen LogP contribution in [-0.2, 0) is 0 Å². The van der Waals surface area contributed by atoms with Crippen LogP contribution in [0.3, 0.4) is 0 Å². The summed E-state index contributed by atoms with van der Waals surface area (Å²) >= 11 is 7.56. The predicted octanol–water partition coefficient (Wildman–Crippen LogP) is 14.5. The molecule has 0 unspecified atom stereocenters. The van der Waals surface area contributed by atoms with E-state index >= 15 is 0 Å². The Bertz CT molecular complexity index is 2760. The Kier molecular flexibility index (Phi) is 7.68. The first kappa shape index (κ1) is 30.9. The molecule has 0 fully saturated rings. The molecule has 9 rings (SSSR count). The van der Waals surface area contributed by atoms with Crippen molar-refractivity contribution in [3.63, 3.8) is 0 Å². The van der Waals surface area contributed by atoms with E-state index in [4.69, 9.17) is 11.6 Å². The Hall–Kier alpha value is -6.09. The minimum absolute atomic E-state index is 0.658.